The third kappa shape index (κ3) is 5.89. The molecule has 184 valence electrons. The molecule has 1 fully saturated rings. The number of hydrogen-bond acceptors (Lipinski definition) is 4. The van der Waals surface area contributed by atoms with Crippen LogP contribution in [0.3, 0.4) is 0 Å². The summed E-state index contributed by atoms with van der Waals surface area (Å²) in [6.45, 7) is 3.11. The summed E-state index contributed by atoms with van der Waals surface area (Å²) in [6.07, 6.45) is 1.65. The van der Waals surface area contributed by atoms with Crippen LogP contribution in [-0.4, -0.2) is 45.5 Å². The lowest BCUT2D eigenvalue weighted by molar-refractivity contribution is 0.0507. The number of aryl methyl sites for hydroxylation is 1. The molecule has 1 heterocycles. The molecule has 1 aliphatic heterocycles. The lowest BCUT2D eigenvalue weighted by Gasteiger charge is -2.26. The lowest BCUT2D eigenvalue weighted by Crippen LogP contribution is -2.37. The largest absolute Gasteiger partial charge is 0.376 e. The van der Waals surface area contributed by atoms with Gasteiger partial charge in [0.05, 0.1) is 16.7 Å². The number of halogens is 1. The molecule has 0 spiro atoms. The highest BCUT2D eigenvalue weighted by molar-refractivity contribution is 7.92. The van der Waals surface area contributed by atoms with Gasteiger partial charge in [0.2, 0.25) is 0 Å². The number of sulfonamides is 1. The molecule has 1 saturated heterocycles. The van der Waals surface area contributed by atoms with E-state index < -0.39 is 10.0 Å². The molecule has 8 heteroatoms. The van der Waals surface area contributed by atoms with E-state index >= 15 is 0 Å². The normalized spacial score (nSPS) is 15.7. The zero-order valence-electron chi connectivity index (χ0n) is 19.9. The molecule has 0 saturated carbocycles. The van der Waals surface area contributed by atoms with Crippen molar-refractivity contribution in [3.63, 3.8) is 0 Å². The Kier molecular flexibility index (Phi) is 7.52. The minimum atomic E-state index is -3.89. The van der Waals surface area contributed by atoms with Gasteiger partial charge >= 0.3 is 0 Å². The maximum Gasteiger partial charge on any atom is 0.264 e. The maximum absolute atomic E-state index is 13.8. The summed E-state index contributed by atoms with van der Waals surface area (Å²) in [7, 11) is -2.40. The highest BCUT2D eigenvalue weighted by Crippen LogP contribution is 2.24. The fourth-order valence-corrected chi connectivity index (χ4v) is 5.37. The molecule has 1 unspecified atom stereocenters. The van der Waals surface area contributed by atoms with Crippen molar-refractivity contribution < 1.29 is 22.3 Å². The molecule has 0 aliphatic carbocycles. The van der Waals surface area contributed by atoms with Gasteiger partial charge in [0.25, 0.3) is 15.9 Å². The molecule has 0 bridgehead atoms. The molecule has 0 aromatic heterocycles. The number of carbonyl (C=O) groups is 1. The van der Waals surface area contributed by atoms with Crippen LogP contribution >= 0.6 is 0 Å². The van der Waals surface area contributed by atoms with Crippen molar-refractivity contribution in [2.75, 3.05) is 24.5 Å². The van der Waals surface area contributed by atoms with E-state index in [-0.39, 0.29) is 34.8 Å². The first-order valence-corrected chi connectivity index (χ1v) is 13.0. The van der Waals surface area contributed by atoms with Crippen LogP contribution in [0.4, 0.5) is 10.1 Å². The number of nitrogens with zero attached hydrogens (tertiary/aromatic N) is 2. The number of benzene rings is 3. The molecule has 3 aromatic carbocycles. The summed E-state index contributed by atoms with van der Waals surface area (Å²) in [5.74, 6) is -0.709. The summed E-state index contributed by atoms with van der Waals surface area (Å²) >= 11 is 0. The van der Waals surface area contributed by atoms with E-state index in [9.17, 15) is 17.6 Å². The van der Waals surface area contributed by atoms with Gasteiger partial charge in [-0.2, -0.15) is 0 Å². The number of ether oxygens (including phenoxy) is 1. The van der Waals surface area contributed by atoms with Crippen molar-refractivity contribution >= 4 is 21.6 Å². The molecule has 3 aromatic rings. The molecule has 35 heavy (non-hydrogen) atoms. The molecule has 1 aliphatic rings. The molecular formula is C27H29FN2O4S. The number of rotatable bonds is 8. The second-order valence-corrected chi connectivity index (χ2v) is 10.8. The Morgan fingerprint density at radius 3 is 2.49 bits per heavy atom. The van der Waals surface area contributed by atoms with Gasteiger partial charge in [-0.15, -0.1) is 0 Å². The Morgan fingerprint density at radius 2 is 1.80 bits per heavy atom. The summed E-state index contributed by atoms with van der Waals surface area (Å²) < 4.78 is 47.3. The van der Waals surface area contributed by atoms with Crippen molar-refractivity contribution in [1.82, 2.24) is 4.90 Å². The number of carbonyl (C=O) groups excluding carboxylic acids is 1. The second-order valence-electron chi connectivity index (χ2n) is 8.79. The Hall–Kier alpha value is -3.23. The predicted molar refractivity (Wildman–Crippen MR) is 133 cm³/mol. The Morgan fingerprint density at radius 1 is 1.06 bits per heavy atom. The van der Waals surface area contributed by atoms with Gasteiger partial charge in [0, 0.05) is 32.3 Å². The Bertz CT molecular complexity index is 1290. The van der Waals surface area contributed by atoms with Crippen LogP contribution in [0.15, 0.2) is 77.7 Å². The maximum atomic E-state index is 13.8. The standard InChI is InChI=1S/C27H29FN2O4S/c1-20-11-13-24(14-12-20)29(2)35(32,33)26-10-4-7-22(17-26)27(31)30(19-25-9-5-15-34-25)18-21-6-3-8-23(28)16-21/h3-4,6-8,10-14,16-17,25H,5,9,15,18-19H2,1-2H3. The predicted octanol–water partition coefficient (Wildman–Crippen LogP) is 4.78. The molecule has 1 atom stereocenters. The van der Waals surface area contributed by atoms with E-state index in [1.54, 1.807) is 41.3 Å². The van der Waals surface area contributed by atoms with Crippen LogP contribution < -0.4 is 4.31 Å². The van der Waals surface area contributed by atoms with Gasteiger partial charge in [-0.05, 0) is 67.8 Å². The van der Waals surface area contributed by atoms with Crippen molar-refractivity contribution in [2.24, 2.45) is 0 Å². The molecular weight excluding hydrogens is 467 g/mol. The fourth-order valence-electron chi connectivity index (χ4n) is 4.13. The smallest absolute Gasteiger partial charge is 0.264 e. The van der Waals surface area contributed by atoms with Gasteiger partial charge < -0.3 is 9.64 Å². The average Bonchev–Trinajstić information content (AvgIpc) is 3.36. The first kappa shape index (κ1) is 24.9. The van der Waals surface area contributed by atoms with Crippen LogP contribution in [0.1, 0.15) is 34.3 Å². The zero-order valence-corrected chi connectivity index (χ0v) is 20.7. The highest BCUT2D eigenvalue weighted by Gasteiger charge is 2.26. The molecule has 1 amide bonds. The molecule has 0 radical (unpaired) electrons. The van der Waals surface area contributed by atoms with Gasteiger partial charge in [-0.25, -0.2) is 12.8 Å². The summed E-state index contributed by atoms with van der Waals surface area (Å²) in [5, 5.41) is 0. The third-order valence-corrected chi connectivity index (χ3v) is 7.92. The number of amides is 1. The quantitative estimate of drug-likeness (QED) is 0.450. The average molecular weight is 497 g/mol. The minimum absolute atomic E-state index is 0.0225. The summed E-state index contributed by atoms with van der Waals surface area (Å²) in [6, 6.07) is 19.3. The Labute approximate surface area is 206 Å². The van der Waals surface area contributed by atoms with E-state index in [4.69, 9.17) is 4.74 Å². The van der Waals surface area contributed by atoms with Crippen LogP contribution in [0.5, 0.6) is 0 Å². The van der Waals surface area contributed by atoms with E-state index in [0.29, 0.717) is 24.4 Å². The van der Waals surface area contributed by atoms with Crippen molar-refractivity contribution in [3.05, 3.63) is 95.3 Å². The first-order chi connectivity index (χ1) is 16.7. The van der Waals surface area contributed by atoms with Crippen LogP contribution in [-0.2, 0) is 21.3 Å². The van der Waals surface area contributed by atoms with E-state index in [2.05, 4.69) is 0 Å². The first-order valence-electron chi connectivity index (χ1n) is 11.5. The van der Waals surface area contributed by atoms with E-state index in [1.807, 2.05) is 19.1 Å². The molecule has 4 rings (SSSR count). The van der Waals surface area contributed by atoms with Crippen LogP contribution in [0.2, 0.25) is 0 Å². The van der Waals surface area contributed by atoms with E-state index in [1.165, 1.54) is 35.6 Å². The van der Waals surface area contributed by atoms with Crippen molar-refractivity contribution in [2.45, 2.75) is 37.3 Å². The SMILES string of the molecule is Cc1ccc(N(C)S(=O)(=O)c2cccc(C(=O)N(Cc3cccc(F)c3)CC3CCCO3)c2)cc1. The minimum Gasteiger partial charge on any atom is -0.376 e. The topological polar surface area (TPSA) is 66.9 Å². The van der Waals surface area contributed by atoms with Gasteiger partial charge in [0.1, 0.15) is 5.82 Å². The van der Waals surface area contributed by atoms with Crippen LogP contribution in [0, 0.1) is 12.7 Å². The van der Waals surface area contributed by atoms with Gasteiger partial charge in [0.15, 0.2) is 0 Å². The molecule has 6 nitrogen and oxygen atoms in total. The lowest BCUT2D eigenvalue weighted by atomic mass is 10.1. The summed E-state index contributed by atoms with van der Waals surface area (Å²) in [4.78, 5) is 15.2. The second kappa shape index (κ2) is 10.6. The Balaban J connectivity index is 1.61. The van der Waals surface area contributed by atoms with Crippen LogP contribution in [0.25, 0.3) is 0 Å². The van der Waals surface area contributed by atoms with E-state index in [0.717, 1.165) is 18.4 Å². The van der Waals surface area contributed by atoms with Crippen molar-refractivity contribution in [1.29, 1.82) is 0 Å². The zero-order chi connectivity index (χ0) is 25.0. The monoisotopic (exact) mass is 496 g/mol. The fraction of sp³-hybridized carbons (Fsp3) is 0.296. The van der Waals surface area contributed by atoms with Crippen molar-refractivity contribution in [3.8, 4) is 0 Å². The summed E-state index contributed by atoms with van der Waals surface area (Å²) in [5.41, 5.74) is 2.45. The highest BCUT2D eigenvalue weighted by atomic mass is 32.2. The van der Waals surface area contributed by atoms with Gasteiger partial charge in [-0.1, -0.05) is 35.9 Å². The molecule has 0 N–H and O–H groups in total. The number of hydrogen-bond donors (Lipinski definition) is 0. The van der Waals surface area contributed by atoms with Gasteiger partial charge in [-0.3, -0.25) is 9.10 Å². The third-order valence-electron chi connectivity index (χ3n) is 6.13. The number of anilines is 1.